The monoisotopic (exact) mass is 536 g/mol. The Morgan fingerprint density at radius 3 is 2.10 bits per heavy atom. The molecule has 0 bridgehead atoms. The van der Waals surface area contributed by atoms with Crippen molar-refractivity contribution in [3.8, 4) is 5.75 Å². The molecule has 2 atom stereocenters. The standard InChI is InChI=1S/C35H52O4/c1-9-13-14-15-21-34(37,10-2)22-20-30-16-17-31(23-26(30)5)35(11-3,12-4)32-18-19-33(27(6)24-32)38-25-28(7)39-29(8)36/h16-20,22-24,28,37H,9-15,21,25H2,1-8H3/b22-20+. The van der Waals surface area contributed by atoms with Crippen molar-refractivity contribution >= 4 is 12.0 Å². The molecule has 4 nitrogen and oxygen atoms in total. The van der Waals surface area contributed by atoms with E-state index in [1.165, 1.54) is 42.9 Å². The maximum atomic E-state index is 11.2. The fourth-order valence-electron chi connectivity index (χ4n) is 5.51. The molecule has 39 heavy (non-hydrogen) atoms. The number of aryl methyl sites for hydroxylation is 2. The summed E-state index contributed by atoms with van der Waals surface area (Å²) >= 11 is 0. The summed E-state index contributed by atoms with van der Waals surface area (Å²) in [4.78, 5) is 11.2. The van der Waals surface area contributed by atoms with Crippen LogP contribution in [-0.2, 0) is 14.9 Å². The molecule has 0 radical (unpaired) electrons. The van der Waals surface area contributed by atoms with E-state index in [4.69, 9.17) is 9.47 Å². The SMILES string of the molecule is CCCCCCC(O)(/C=C/c1ccc(C(CC)(CC)c2ccc(OCC(C)OC(C)=O)c(C)c2)cc1C)CC. The summed E-state index contributed by atoms with van der Waals surface area (Å²) in [5.41, 5.74) is 5.18. The van der Waals surface area contributed by atoms with Crippen molar-refractivity contribution in [2.24, 2.45) is 0 Å². The first kappa shape index (κ1) is 32.6. The highest BCUT2D eigenvalue weighted by atomic mass is 16.6. The summed E-state index contributed by atoms with van der Waals surface area (Å²) in [6.07, 6.45) is 12.0. The number of rotatable bonds is 16. The Hall–Kier alpha value is -2.59. The molecule has 216 valence electrons. The zero-order valence-electron chi connectivity index (χ0n) is 25.7. The van der Waals surface area contributed by atoms with Gasteiger partial charge in [0, 0.05) is 12.3 Å². The van der Waals surface area contributed by atoms with Crippen molar-refractivity contribution in [2.75, 3.05) is 6.61 Å². The van der Waals surface area contributed by atoms with E-state index in [9.17, 15) is 9.90 Å². The largest absolute Gasteiger partial charge is 0.489 e. The first-order valence-electron chi connectivity index (χ1n) is 15.0. The van der Waals surface area contributed by atoms with Gasteiger partial charge in [-0.05, 0) is 80.3 Å². The van der Waals surface area contributed by atoms with Crippen LogP contribution in [0.3, 0.4) is 0 Å². The Morgan fingerprint density at radius 2 is 1.56 bits per heavy atom. The van der Waals surface area contributed by atoms with Gasteiger partial charge in [-0.2, -0.15) is 0 Å². The molecule has 0 aliphatic carbocycles. The van der Waals surface area contributed by atoms with Crippen LogP contribution in [0.2, 0.25) is 0 Å². The molecule has 0 fully saturated rings. The van der Waals surface area contributed by atoms with Crippen molar-refractivity contribution in [2.45, 2.75) is 124 Å². The van der Waals surface area contributed by atoms with Crippen molar-refractivity contribution in [3.63, 3.8) is 0 Å². The van der Waals surface area contributed by atoms with Gasteiger partial charge in [0.2, 0.25) is 0 Å². The summed E-state index contributed by atoms with van der Waals surface area (Å²) in [5, 5.41) is 11.1. The molecule has 2 aromatic rings. The Morgan fingerprint density at radius 1 is 0.923 bits per heavy atom. The van der Waals surface area contributed by atoms with Gasteiger partial charge in [0.1, 0.15) is 18.5 Å². The normalized spacial score (nSPS) is 14.3. The van der Waals surface area contributed by atoms with E-state index in [1.807, 2.05) is 19.1 Å². The summed E-state index contributed by atoms with van der Waals surface area (Å²) in [6.45, 7) is 16.6. The topological polar surface area (TPSA) is 55.8 Å². The molecule has 0 aliphatic heterocycles. The van der Waals surface area contributed by atoms with Gasteiger partial charge < -0.3 is 14.6 Å². The van der Waals surface area contributed by atoms with Gasteiger partial charge in [0.15, 0.2) is 0 Å². The zero-order chi connectivity index (χ0) is 29.1. The van der Waals surface area contributed by atoms with Crippen LogP contribution >= 0.6 is 0 Å². The molecular formula is C35H52O4. The predicted octanol–water partition coefficient (Wildman–Crippen LogP) is 8.86. The third-order valence-corrected chi connectivity index (χ3v) is 8.25. The number of unbranched alkanes of at least 4 members (excludes halogenated alkanes) is 3. The van der Waals surface area contributed by atoms with Crippen LogP contribution in [0.25, 0.3) is 6.08 Å². The van der Waals surface area contributed by atoms with E-state index in [0.29, 0.717) is 6.61 Å². The molecule has 0 aromatic heterocycles. The molecule has 1 N–H and O–H groups in total. The number of ether oxygens (including phenoxy) is 2. The van der Waals surface area contributed by atoms with Crippen molar-refractivity contribution < 1.29 is 19.4 Å². The van der Waals surface area contributed by atoms with Crippen molar-refractivity contribution in [1.82, 2.24) is 0 Å². The Kier molecular flexibility index (Phi) is 12.8. The van der Waals surface area contributed by atoms with E-state index >= 15 is 0 Å². The lowest BCUT2D eigenvalue weighted by atomic mass is 9.70. The molecule has 2 unspecified atom stereocenters. The number of esters is 1. The van der Waals surface area contributed by atoms with Crippen LogP contribution in [0.15, 0.2) is 42.5 Å². The molecule has 0 spiro atoms. The van der Waals surface area contributed by atoms with Gasteiger partial charge in [-0.15, -0.1) is 0 Å². The average molecular weight is 537 g/mol. The van der Waals surface area contributed by atoms with E-state index < -0.39 is 5.60 Å². The van der Waals surface area contributed by atoms with E-state index in [2.05, 4.69) is 78.0 Å². The fourth-order valence-corrected chi connectivity index (χ4v) is 5.51. The molecule has 2 aromatic carbocycles. The second kappa shape index (κ2) is 15.3. The number of carbonyl (C=O) groups is 1. The number of benzene rings is 2. The Balaban J connectivity index is 2.28. The van der Waals surface area contributed by atoms with Crippen LogP contribution in [0, 0.1) is 13.8 Å². The molecule has 0 aliphatic rings. The zero-order valence-corrected chi connectivity index (χ0v) is 25.7. The molecule has 4 heteroatoms. The first-order chi connectivity index (χ1) is 18.5. The van der Waals surface area contributed by atoms with Crippen LogP contribution in [-0.4, -0.2) is 29.4 Å². The summed E-state index contributed by atoms with van der Waals surface area (Å²) < 4.78 is 11.2. The van der Waals surface area contributed by atoms with E-state index in [0.717, 1.165) is 49.0 Å². The van der Waals surface area contributed by atoms with Gasteiger partial charge in [0.25, 0.3) is 0 Å². The summed E-state index contributed by atoms with van der Waals surface area (Å²) in [6, 6.07) is 13.2. The second-order valence-electron chi connectivity index (χ2n) is 11.2. The van der Waals surface area contributed by atoms with Gasteiger partial charge in [-0.3, -0.25) is 4.79 Å². The molecule has 0 saturated heterocycles. The Labute approximate surface area is 237 Å². The second-order valence-corrected chi connectivity index (χ2v) is 11.2. The van der Waals surface area contributed by atoms with Crippen LogP contribution in [0.1, 0.15) is 121 Å². The molecule has 0 saturated carbocycles. The highest BCUT2D eigenvalue weighted by Crippen LogP contribution is 2.41. The quantitative estimate of drug-likeness (QED) is 0.172. The highest BCUT2D eigenvalue weighted by Gasteiger charge is 2.31. The average Bonchev–Trinajstić information content (AvgIpc) is 2.91. The van der Waals surface area contributed by atoms with E-state index in [-0.39, 0.29) is 17.5 Å². The summed E-state index contributed by atoms with van der Waals surface area (Å²) in [7, 11) is 0. The minimum absolute atomic E-state index is 0.106. The fraction of sp³-hybridized carbons (Fsp3) is 0.571. The van der Waals surface area contributed by atoms with Gasteiger partial charge in [-0.25, -0.2) is 0 Å². The smallest absolute Gasteiger partial charge is 0.303 e. The third-order valence-electron chi connectivity index (χ3n) is 8.25. The maximum Gasteiger partial charge on any atom is 0.303 e. The number of aliphatic hydroxyl groups is 1. The van der Waals surface area contributed by atoms with Gasteiger partial charge >= 0.3 is 5.97 Å². The van der Waals surface area contributed by atoms with Gasteiger partial charge in [0.05, 0.1) is 5.60 Å². The number of carbonyl (C=O) groups excluding carboxylic acids is 1. The van der Waals surface area contributed by atoms with Crippen molar-refractivity contribution in [3.05, 3.63) is 70.3 Å². The molecular weight excluding hydrogens is 484 g/mol. The maximum absolute atomic E-state index is 11.2. The van der Waals surface area contributed by atoms with E-state index in [1.54, 1.807) is 0 Å². The lowest BCUT2D eigenvalue weighted by Crippen LogP contribution is -2.26. The molecule has 0 heterocycles. The lowest BCUT2D eigenvalue weighted by molar-refractivity contribution is -0.146. The molecule has 0 amide bonds. The minimum atomic E-state index is -0.743. The van der Waals surface area contributed by atoms with Crippen molar-refractivity contribution in [1.29, 1.82) is 0 Å². The minimum Gasteiger partial charge on any atom is -0.489 e. The predicted molar refractivity (Wildman–Crippen MR) is 163 cm³/mol. The number of hydrogen-bond acceptors (Lipinski definition) is 4. The first-order valence-corrected chi connectivity index (χ1v) is 15.0. The third kappa shape index (κ3) is 8.96. The van der Waals surface area contributed by atoms with Crippen LogP contribution in [0.5, 0.6) is 5.75 Å². The number of hydrogen-bond donors (Lipinski definition) is 1. The highest BCUT2D eigenvalue weighted by molar-refractivity contribution is 5.66. The molecule has 2 rings (SSSR count). The Bertz CT molecular complexity index is 1080. The lowest BCUT2D eigenvalue weighted by Gasteiger charge is -2.34. The van der Waals surface area contributed by atoms with Crippen LogP contribution in [0.4, 0.5) is 0 Å². The summed E-state index contributed by atoms with van der Waals surface area (Å²) in [5.74, 6) is 0.516. The van der Waals surface area contributed by atoms with Gasteiger partial charge in [-0.1, -0.05) is 95.9 Å². The van der Waals surface area contributed by atoms with Crippen LogP contribution < -0.4 is 4.74 Å².